The summed E-state index contributed by atoms with van der Waals surface area (Å²) in [5, 5.41) is 54.4. The fourth-order valence-electron chi connectivity index (χ4n) is 5.70. The van der Waals surface area contributed by atoms with Gasteiger partial charge in [0.15, 0.2) is 5.78 Å². The lowest BCUT2D eigenvalue weighted by Gasteiger charge is -2.30. The Morgan fingerprint density at radius 2 is 1.21 bits per heavy atom. The Morgan fingerprint density at radius 3 is 1.88 bits per heavy atom. The summed E-state index contributed by atoms with van der Waals surface area (Å²) >= 11 is 0. The molecule has 43 heavy (non-hydrogen) atoms. The van der Waals surface area contributed by atoms with Gasteiger partial charge in [0, 0.05) is 30.4 Å². The van der Waals surface area contributed by atoms with Gasteiger partial charge in [0.1, 0.15) is 46.2 Å². The van der Waals surface area contributed by atoms with Crippen LogP contribution in [-0.2, 0) is 19.3 Å². The molecule has 1 heterocycles. The average molecular weight is 575 g/mol. The molecule has 1 aliphatic rings. The first kappa shape index (κ1) is 27.7. The SMILES string of the molecule is O=C1C[C@@H](c2ccccc2)Oc2c(Cc3cc(O)ccc3Cc3ccccc3O)c(O)c(Cc3ccccc3O)c(O)c21. The second-order valence-corrected chi connectivity index (χ2v) is 10.7. The highest BCUT2D eigenvalue weighted by Gasteiger charge is 2.36. The van der Waals surface area contributed by atoms with Crippen molar-refractivity contribution < 1.29 is 35.1 Å². The van der Waals surface area contributed by atoms with E-state index in [1.165, 1.54) is 6.07 Å². The Labute approximate surface area is 248 Å². The number of phenols is 5. The first-order valence-corrected chi connectivity index (χ1v) is 14.0. The number of rotatable bonds is 7. The highest BCUT2D eigenvalue weighted by atomic mass is 16.5. The summed E-state index contributed by atoms with van der Waals surface area (Å²) in [4.78, 5) is 13.6. The van der Waals surface area contributed by atoms with Crippen LogP contribution in [0.15, 0.2) is 97.1 Å². The molecular formula is C36H30O7. The molecule has 1 aliphatic heterocycles. The Hall–Kier alpha value is -5.43. The van der Waals surface area contributed by atoms with E-state index >= 15 is 0 Å². The lowest BCUT2D eigenvalue weighted by atomic mass is 9.86. The predicted octanol–water partition coefficient (Wildman–Crippen LogP) is 6.69. The largest absolute Gasteiger partial charge is 0.508 e. The number of hydrogen-bond acceptors (Lipinski definition) is 7. The van der Waals surface area contributed by atoms with Crippen LogP contribution in [0.25, 0.3) is 0 Å². The summed E-state index contributed by atoms with van der Waals surface area (Å²) in [6.45, 7) is 0. The number of fused-ring (bicyclic) bond motifs is 1. The molecule has 0 saturated heterocycles. The van der Waals surface area contributed by atoms with E-state index < -0.39 is 6.10 Å². The van der Waals surface area contributed by atoms with Gasteiger partial charge in [-0.3, -0.25) is 4.79 Å². The smallest absolute Gasteiger partial charge is 0.174 e. The third-order valence-electron chi connectivity index (χ3n) is 7.97. The number of para-hydroxylation sites is 2. The van der Waals surface area contributed by atoms with Crippen molar-refractivity contribution in [1.29, 1.82) is 0 Å². The molecule has 0 aliphatic carbocycles. The zero-order valence-electron chi connectivity index (χ0n) is 23.2. The van der Waals surface area contributed by atoms with Gasteiger partial charge < -0.3 is 30.3 Å². The van der Waals surface area contributed by atoms with Crippen LogP contribution in [-0.4, -0.2) is 31.3 Å². The van der Waals surface area contributed by atoms with Gasteiger partial charge in [-0.15, -0.1) is 0 Å². The summed E-state index contributed by atoms with van der Waals surface area (Å²) in [5.74, 6) is -0.770. The van der Waals surface area contributed by atoms with Crippen molar-refractivity contribution in [1.82, 2.24) is 0 Å². The number of benzene rings is 5. The van der Waals surface area contributed by atoms with E-state index in [-0.39, 0.29) is 76.2 Å². The molecule has 7 nitrogen and oxygen atoms in total. The van der Waals surface area contributed by atoms with Gasteiger partial charge in [-0.25, -0.2) is 0 Å². The highest BCUT2D eigenvalue weighted by molar-refractivity contribution is 6.04. The number of ether oxygens (including phenoxy) is 1. The first-order valence-electron chi connectivity index (χ1n) is 14.0. The number of Topliss-reactive ketones (excluding diaryl/α,β-unsaturated/α-hetero) is 1. The van der Waals surface area contributed by atoms with Crippen molar-refractivity contribution in [2.75, 3.05) is 0 Å². The van der Waals surface area contributed by atoms with Crippen LogP contribution in [0.1, 0.15) is 61.8 Å². The van der Waals surface area contributed by atoms with E-state index in [0.717, 1.165) is 11.1 Å². The zero-order chi connectivity index (χ0) is 30.1. The lowest BCUT2D eigenvalue weighted by molar-refractivity contribution is 0.0842. The van der Waals surface area contributed by atoms with Crippen molar-refractivity contribution in [2.45, 2.75) is 31.8 Å². The first-order chi connectivity index (χ1) is 20.8. The molecule has 0 fully saturated rings. The summed E-state index contributed by atoms with van der Waals surface area (Å²) < 4.78 is 6.40. The Morgan fingerprint density at radius 1 is 0.605 bits per heavy atom. The predicted molar refractivity (Wildman–Crippen MR) is 161 cm³/mol. The van der Waals surface area contributed by atoms with Gasteiger partial charge in [-0.2, -0.15) is 0 Å². The van der Waals surface area contributed by atoms with Crippen LogP contribution in [0.5, 0.6) is 34.5 Å². The Bertz CT molecular complexity index is 1830. The van der Waals surface area contributed by atoms with Gasteiger partial charge in [0.25, 0.3) is 0 Å². The minimum absolute atomic E-state index is 0.00449. The average Bonchev–Trinajstić information content (AvgIpc) is 3.00. The van der Waals surface area contributed by atoms with Gasteiger partial charge in [-0.1, -0.05) is 72.8 Å². The molecule has 5 aromatic carbocycles. The third kappa shape index (κ3) is 5.45. The zero-order valence-corrected chi connectivity index (χ0v) is 23.2. The van der Waals surface area contributed by atoms with E-state index in [4.69, 9.17) is 4.74 Å². The summed E-state index contributed by atoms with van der Waals surface area (Å²) in [7, 11) is 0. The highest BCUT2D eigenvalue weighted by Crippen LogP contribution is 2.50. The molecule has 0 aromatic heterocycles. The molecule has 0 saturated carbocycles. The van der Waals surface area contributed by atoms with E-state index in [9.17, 15) is 30.3 Å². The van der Waals surface area contributed by atoms with Gasteiger partial charge in [0.2, 0.25) is 0 Å². The molecule has 216 valence electrons. The fourth-order valence-corrected chi connectivity index (χ4v) is 5.70. The molecule has 0 bridgehead atoms. The van der Waals surface area contributed by atoms with Crippen molar-refractivity contribution in [3.63, 3.8) is 0 Å². The standard InChI is InChI=1S/C36H30O7/c37-26-15-14-22(16-23-10-4-6-12-29(23)38)25(17-26)19-28-34(41)27(18-24-11-5-7-13-30(24)39)35(42)33-31(40)20-32(43-36(28)33)21-8-2-1-3-9-21/h1-15,17,32,37-39,41-42H,16,18-20H2/t32-/m0/s1. The van der Waals surface area contributed by atoms with Crippen LogP contribution in [0.2, 0.25) is 0 Å². The molecule has 5 aromatic rings. The van der Waals surface area contributed by atoms with Crippen LogP contribution >= 0.6 is 0 Å². The maximum Gasteiger partial charge on any atom is 0.174 e. The monoisotopic (exact) mass is 574 g/mol. The van der Waals surface area contributed by atoms with Gasteiger partial charge >= 0.3 is 0 Å². The molecule has 0 radical (unpaired) electrons. The summed E-state index contributed by atoms with van der Waals surface area (Å²) in [6.07, 6.45) is -0.276. The maximum atomic E-state index is 13.6. The number of ketones is 1. The molecule has 7 heteroatoms. The fraction of sp³-hybridized carbons (Fsp3) is 0.139. The summed E-state index contributed by atoms with van der Waals surface area (Å²) in [6, 6.07) is 27.7. The van der Waals surface area contributed by atoms with Crippen LogP contribution < -0.4 is 4.74 Å². The van der Waals surface area contributed by atoms with Crippen LogP contribution in [0, 0.1) is 0 Å². The van der Waals surface area contributed by atoms with E-state index in [1.807, 2.05) is 42.5 Å². The van der Waals surface area contributed by atoms with Gasteiger partial charge in [0.05, 0.1) is 6.42 Å². The molecule has 5 N–H and O–H groups in total. The van der Waals surface area contributed by atoms with E-state index in [1.54, 1.807) is 48.5 Å². The van der Waals surface area contributed by atoms with Crippen molar-refractivity contribution in [3.05, 3.63) is 142 Å². The molecule has 6 rings (SSSR count). The maximum absolute atomic E-state index is 13.6. The van der Waals surface area contributed by atoms with E-state index in [0.29, 0.717) is 23.1 Å². The topological polar surface area (TPSA) is 127 Å². The molecule has 1 atom stereocenters. The Kier molecular flexibility index (Phi) is 7.38. The minimum atomic E-state index is -0.632. The molecule has 0 unspecified atom stereocenters. The second kappa shape index (κ2) is 11.4. The van der Waals surface area contributed by atoms with Crippen molar-refractivity contribution in [3.8, 4) is 34.5 Å². The number of aromatic hydroxyl groups is 5. The normalized spacial score (nSPS) is 14.2. The van der Waals surface area contributed by atoms with Crippen molar-refractivity contribution >= 4 is 5.78 Å². The van der Waals surface area contributed by atoms with Crippen molar-refractivity contribution in [2.24, 2.45) is 0 Å². The summed E-state index contributed by atoms with van der Waals surface area (Å²) in [5.41, 5.74) is 3.69. The second-order valence-electron chi connectivity index (χ2n) is 10.7. The quantitative estimate of drug-likeness (QED) is 0.146. The number of carbonyl (C=O) groups is 1. The van der Waals surface area contributed by atoms with E-state index in [2.05, 4.69) is 0 Å². The Balaban J connectivity index is 1.51. The minimum Gasteiger partial charge on any atom is -0.508 e. The lowest BCUT2D eigenvalue weighted by Crippen LogP contribution is -2.22. The number of phenolic OH excluding ortho intramolecular Hbond substituents is 5. The van der Waals surface area contributed by atoms with Crippen LogP contribution in [0.3, 0.4) is 0 Å². The molecule has 0 amide bonds. The molecule has 0 spiro atoms. The van der Waals surface area contributed by atoms with Gasteiger partial charge in [-0.05, 0) is 52.1 Å². The number of hydrogen-bond donors (Lipinski definition) is 5. The molecular weight excluding hydrogens is 544 g/mol. The third-order valence-corrected chi connectivity index (χ3v) is 7.97. The number of carbonyl (C=O) groups excluding carboxylic acids is 1. The van der Waals surface area contributed by atoms with Crippen LogP contribution in [0.4, 0.5) is 0 Å².